The molecule has 0 radical (unpaired) electrons. The van der Waals surface area contributed by atoms with Crippen LogP contribution in [0.5, 0.6) is 0 Å². The zero-order valence-electron chi connectivity index (χ0n) is 15.6. The summed E-state index contributed by atoms with van der Waals surface area (Å²) in [7, 11) is -3.98. The molecule has 0 atom stereocenters. The highest BCUT2D eigenvalue weighted by Crippen LogP contribution is 2.24. The van der Waals surface area contributed by atoms with Crippen LogP contribution in [0.1, 0.15) is 6.42 Å². The van der Waals surface area contributed by atoms with Gasteiger partial charge in [-0.2, -0.15) is 0 Å². The zero-order valence-corrected chi connectivity index (χ0v) is 17.2. The van der Waals surface area contributed by atoms with Crippen molar-refractivity contribution in [3.63, 3.8) is 0 Å². The van der Waals surface area contributed by atoms with Crippen molar-refractivity contribution in [1.82, 2.24) is 15.5 Å². The summed E-state index contributed by atoms with van der Waals surface area (Å²) in [4.78, 5) is 26.3. The van der Waals surface area contributed by atoms with Gasteiger partial charge in [0.15, 0.2) is 0 Å². The smallest absolute Gasteiger partial charge is 0.326 e. The highest BCUT2D eigenvalue weighted by Gasteiger charge is 2.19. The third-order valence-corrected chi connectivity index (χ3v) is 5.91. The van der Waals surface area contributed by atoms with Crippen LogP contribution >= 0.6 is 11.3 Å². The molecule has 0 fully saturated rings. The first-order chi connectivity index (χ1) is 14.3. The molecule has 0 unspecified atom stereocenters. The summed E-state index contributed by atoms with van der Waals surface area (Å²) in [5, 5.41) is 17.0. The summed E-state index contributed by atoms with van der Waals surface area (Å²) in [5.41, 5.74) is 1.35. The Bertz CT molecular complexity index is 1080. The zero-order chi connectivity index (χ0) is 21.6. The second kappa shape index (κ2) is 9.43. The number of carbonyl (C=O) groups excluding carboxylic acids is 2. The SMILES string of the molecule is NS(=O)(=O)c1nnc(NC(=O)CCNC(=O)N(c2ccccc2)c2ccccc2)s1. The minimum atomic E-state index is -3.98. The van der Waals surface area contributed by atoms with Crippen molar-refractivity contribution in [3.8, 4) is 0 Å². The molecule has 2 aromatic carbocycles. The number of nitrogens with zero attached hydrogens (tertiary/aromatic N) is 3. The number of benzene rings is 2. The molecule has 156 valence electrons. The van der Waals surface area contributed by atoms with Gasteiger partial charge in [0.05, 0.1) is 11.4 Å². The molecule has 0 aliphatic carbocycles. The van der Waals surface area contributed by atoms with Gasteiger partial charge in [0.1, 0.15) is 0 Å². The maximum Gasteiger partial charge on any atom is 0.326 e. The van der Waals surface area contributed by atoms with Crippen molar-refractivity contribution >= 4 is 49.8 Å². The number of primary sulfonamides is 1. The van der Waals surface area contributed by atoms with Crippen LogP contribution < -0.4 is 20.7 Å². The molecule has 4 N–H and O–H groups in total. The van der Waals surface area contributed by atoms with Crippen molar-refractivity contribution in [2.45, 2.75) is 10.8 Å². The van der Waals surface area contributed by atoms with E-state index in [9.17, 15) is 18.0 Å². The van der Waals surface area contributed by atoms with Gasteiger partial charge in [-0.3, -0.25) is 9.69 Å². The van der Waals surface area contributed by atoms with E-state index in [0.29, 0.717) is 22.7 Å². The molecule has 0 aliphatic heterocycles. The van der Waals surface area contributed by atoms with Crippen molar-refractivity contribution in [1.29, 1.82) is 0 Å². The Balaban J connectivity index is 1.59. The number of nitrogens with one attached hydrogen (secondary N) is 2. The second-order valence-electron chi connectivity index (χ2n) is 5.95. The largest absolute Gasteiger partial charge is 0.337 e. The van der Waals surface area contributed by atoms with E-state index in [1.165, 1.54) is 4.90 Å². The standard InChI is InChI=1S/C18H18N6O4S2/c19-30(27,28)18-23-22-16(29-18)21-15(25)11-12-20-17(26)24(13-7-3-1-4-8-13)14-9-5-2-6-10-14/h1-10H,11-12H2,(H,20,26)(H2,19,27,28)(H,21,22,25). The van der Waals surface area contributed by atoms with Gasteiger partial charge < -0.3 is 10.6 Å². The molecule has 0 spiro atoms. The van der Waals surface area contributed by atoms with Crippen molar-refractivity contribution in [2.75, 3.05) is 16.8 Å². The van der Waals surface area contributed by atoms with Gasteiger partial charge in [0.25, 0.3) is 10.0 Å². The van der Waals surface area contributed by atoms with Gasteiger partial charge in [-0.25, -0.2) is 18.4 Å². The maximum absolute atomic E-state index is 12.8. The molecular weight excluding hydrogens is 428 g/mol. The molecule has 0 saturated carbocycles. The van der Waals surface area contributed by atoms with Crippen LogP contribution in [0.15, 0.2) is 65.0 Å². The van der Waals surface area contributed by atoms with E-state index in [4.69, 9.17) is 5.14 Å². The Morgan fingerprint density at radius 1 is 0.967 bits per heavy atom. The number of para-hydroxylation sites is 2. The third-order valence-electron chi connectivity index (χ3n) is 3.76. The number of amides is 3. The molecule has 3 aromatic rings. The highest BCUT2D eigenvalue weighted by molar-refractivity contribution is 7.91. The number of urea groups is 1. The van der Waals surface area contributed by atoms with Crippen LogP contribution in [0.25, 0.3) is 0 Å². The molecular formula is C18H18N6O4S2. The van der Waals surface area contributed by atoms with Crippen LogP contribution in [-0.4, -0.2) is 37.1 Å². The summed E-state index contributed by atoms with van der Waals surface area (Å²) < 4.78 is 22.0. The van der Waals surface area contributed by atoms with Gasteiger partial charge >= 0.3 is 6.03 Å². The van der Waals surface area contributed by atoms with E-state index in [-0.39, 0.29) is 18.1 Å². The van der Waals surface area contributed by atoms with Gasteiger partial charge in [-0.15, -0.1) is 10.2 Å². The second-order valence-corrected chi connectivity index (χ2v) is 8.67. The molecule has 0 aliphatic rings. The van der Waals surface area contributed by atoms with Gasteiger partial charge in [0, 0.05) is 13.0 Å². The summed E-state index contributed by atoms with van der Waals surface area (Å²) >= 11 is 0.645. The molecule has 0 saturated heterocycles. The Kier molecular flexibility index (Phi) is 6.72. The molecule has 1 aromatic heterocycles. The first-order valence-corrected chi connectivity index (χ1v) is 11.0. The number of hydrogen-bond donors (Lipinski definition) is 3. The van der Waals surface area contributed by atoms with E-state index < -0.39 is 26.3 Å². The lowest BCUT2D eigenvalue weighted by atomic mass is 10.2. The topological polar surface area (TPSA) is 147 Å². The van der Waals surface area contributed by atoms with Crippen LogP contribution in [0.3, 0.4) is 0 Å². The summed E-state index contributed by atoms with van der Waals surface area (Å²) in [5.74, 6) is -0.460. The lowest BCUT2D eigenvalue weighted by molar-refractivity contribution is -0.116. The van der Waals surface area contributed by atoms with E-state index >= 15 is 0 Å². The van der Waals surface area contributed by atoms with Gasteiger partial charge in [0.2, 0.25) is 15.4 Å². The number of nitrogens with two attached hydrogens (primary N) is 1. The fourth-order valence-electron chi connectivity index (χ4n) is 2.46. The number of anilines is 3. The fraction of sp³-hybridized carbons (Fsp3) is 0.111. The predicted octanol–water partition coefficient (Wildman–Crippen LogP) is 2.06. The first kappa shape index (κ1) is 21.4. The third kappa shape index (κ3) is 5.59. The van der Waals surface area contributed by atoms with Crippen LogP contribution in [0.4, 0.5) is 21.3 Å². The fourth-order valence-corrected chi connectivity index (χ4v) is 3.81. The first-order valence-electron chi connectivity index (χ1n) is 8.69. The van der Waals surface area contributed by atoms with Crippen molar-refractivity contribution in [2.24, 2.45) is 5.14 Å². The molecule has 3 rings (SSSR count). The minimum Gasteiger partial charge on any atom is -0.337 e. The van der Waals surface area contributed by atoms with Crippen LogP contribution in [-0.2, 0) is 14.8 Å². The van der Waals surface area contributed by atoms with Crippen molar-refractivity contribution in [3.05, 3.63) is 60.7 Å². The molecule has 30 heavy (non-hydrogen) atoms. The Morgan fingerprint density at radius 3 is 2.03 bits per heavy atom. The van der Waals surface area contributed by atoms with E-state index in [1.807, 2.05) is 36.4 Å². The molecule has 3 amide bonds. The number of sulfonamides is 1. The molecule has 0 bridgehead atoms. The van der Waals surface area contributed by atoms with Crippen molar-refractivity contribution < 1.29 is 18.0 Å². The average molecular weight is 447 g/mol. The Labute approximate surface area is 176 Å². The van der Waals surface area contributed by atoms with Gasteiger partial charge in [-0.1, -0.05) is 47.7 Å². The number of carbonyl (C=O) groups is 2. The lowest BCUT2D eigenvalue weighted by Gasteiger charge is -2.23. The maximum atomic E-state index is 12.8. The van der Waals surface area contributed by atoms with E-state index in [0.717, 1.165) is 0 Å². The Morgan fingerprint density at radius 2 is 1.53 bits per heavy atom. The minimum absolute atomic E-state index is 0.00514. The van der Waals surface area contributed by atoms with E-state index in [2.05, 4.69) is 20.8 Å². The normalized spacial score (nSPS) is 11.0. The summed E-state index contributed by atoms with van der Waals surface area (Å²) in [6.45, 7) is 0.0572. The number of rotatable bonds is 7. The quantitative estimate of drug-likeness (QED) is 0.473. The lowest BCUT2D eigenvalue weighted by Crippen LogP contribution is -2.38. The van der Waals surface area contributed by atoms with E-state index in [1.54, 1.807) is 24.3 Å². The molecule has 10 nitrogen and oxygen atoms in total. The van der Waals surface area contributed by atoms with Crippen LogP contribution in [0.2, 0.25) is 0 Å². The summed E-state index contributed by atoms with van der Waals surface area (Å²) in [6.07, 6.45) is -0.0482. The monoisotopic (exact) mass is 446 g/mol. The number of hydrogen-bond acceptors (Lipinski definition) is 7. The summed E-state index contributed by atoms with van der Waals surface area (Å²) in [6, 6.07) is 17.8. The average Bonchev–Trinajstić information content (AvgIpc) is 3.19. The van der Waals surface area contributed by atoms with Crippen LogP contribution in [0, 0.1) is 0 Å². The molecule has 12 heteroatoms. The highest BCUT2D eigenvalue weighted by atomic mass is 32.2. The predicted molar refractivity (Wildman–Crippen MR) is 113 cm³/mol. The molecule has 1 heterocycles. The number of aromatic nitrogens is 2. The van der Waals surface area contributed by atoms with Gasteiger partial charge in [-0.05, 0) is 24.3 Å². The Hall–Kier alpha value is -3.35.